The fourth-order valence-corrected chi connectivity index (χ4v) is 0.869. The first kappa shape index (κ1) is 9.07. The maximum atomic E-state index is 11.2. The first-order valence-electron chi connectivity index (χ1n) is 3.68. The van der Waals surface area contributed by atoms with Crippen LogP contribution in [0.1, 0.15) is 10.4 Å². The van der Waals surface area contributed by atoms with Gasteiger partial charge in [0.25, 0.3) is 5.91 Å². The van der Waals surface area contributed by atoms with Crippen LogP contribution >= 0.6 is 0 Å². The quantitative estimate of drug-likeness (QED) is 0.649. The van der Waals surface area contributed by atoms with E-state index in [-0.39, 0.29) is 18.2 Å². The highest BCUT2D eigenvalue weighted by Crippen LogP contribution is 2.10. The number of rotatable bonds is 2. The molecule has 0 saturated heterocycles. The van der Waals surface area contributed by atoms with E-state index in [0.29, 0.717) is 5.56 Å². The molecule has 1 aromatic rings. The van der Waals surface area contributed by atoms with Crippen molar-refractivity contribution in [3.05, 3.63) is 29.8 Å². The van der Waals surface area contributed by atoms with E-state index in [9.17, 15) is 4.79 Å². The monoisotopic (exact) mass is 176 g/mol. The first-order valence-corrected chi connectivity index (χ1v) is 3.68. The lowest BCUT2D eigenvalue weighted by Crippen LogP contribution is -2.23. The molecule has 0 unspecified atom stereocenters. The number of nitriles is 1. The molecule has 1 aromatic carbocycles. The Labute approximate surface area is 75.4 Å². The lowest BCUT2D eigenvalue weighted by Gasteiger charge is -2.00. The summed E-state index contributed by atoms with van der Waals surface area (Å²) < 4.78 is 0. The van der Waals surface area contributed by atoms with Crippen molar-refractivity contribution in [1.82, 2.24) is 5.32 Å². The van der Waals surface area contributed by atoms with E-state index in [1.165, 1.54) is 12.1 Å². The molecular weight excluding hydrogens is 168 g/mol. The smallest absolute Gasteiger partial charge is 0.252 e. The van der Waals surface area contributed by atoms with Gasteiger partial charge in [-0.1, -0.05) is 6.07 Å². The lowest BCUT2D eigenvalue weighted by atomic mass is 10.2. The van der Waals surface area contributed by atoms with Crippen molar-refractivity contribution in [3.8, 4) is 11.8 Å². The van der Waals surface area contributed by atoms with Gasteiger partial charge < -0.3 is 10.4 Å². The van der Waals surface area contributed by atoms with Gasteiger partial charge in [-0.2, -0.15) is 5.26 Å². The van der Waals surface area contributed by atoms with Crippen LogP contribution in [0.15, 0.2) is 24.3 Å². The van der Waals surface area contributed by atoms with E-state index >= 15 is 0 Å². The number of phenols is 1. The van der Waals surface area contributed by atoms with Gasteiger partial charge >= 0.3 is 0 Å². The number of hydrogen-bond donors (Lipinski definition) is 2. The fraction of sp³-hybridized carbons (Fsp3) is 0.111. The Morgan fingerprint density at radius 3 is 3.00 bits per heavy atom. The lowest BCUT2D eigenvalue weighted by molar-refractivity contribution is 0.0958. The Morgan fingerprint density at radius 2 is 2.38 bits per heavy atom. The van der Waals surface area contributed by atoms with Gasteiger partial charge in [-0.3, -0.25) is 4.79 Å². The van der Waals surface area contributed by atoms with E-state index in [0.717, 1.165) is 0 Å². The Morgan fingerprint density at radius 1 is 1.62 bits per heavy atom. The zero-order valence-electron chi connectivity index (χ0n) is 6.82. The number of carbonyl (C=O) groups excluding carboxylic acids is 1. The maximum absolute atomic E-state index is 11.2. The van der Waals surface area contributed by atoms with Crippen LogP contribution in [0, 0.1) is 11.3 Å². The minimum atomic E-state index is -0.363. The van der Waals surface area contributed by atoms with Gasteiger partial charge in [0.1, 0.15) is 12.3 Å². The largest absolute Gasteiger partial charge is 0.508 e. The minimum Gasteiger partial charge on any atom is -0.508 e. The number of nitrogens with zero attached hydrogens (tertiary/aromatic N) is 1. The molecule has 0 bridgehead atoms. The van der Waals surface area contributed by atoms with Crippen LogP contribution < -0.4 is 5.32 Å². The molecule has 0 saturated carbocycles. The van der Waals surface area contributed by atoms with E-state index in [4.69, 9.17) is 10.4 Å². The van der Waals surface area contributed by atoms with Crippen molar-refractivity contribution >= 4 is 5.91 Å². The standard InChI is InChI=1S/C9H8N2O2/c10-4-5-11-9(13)7-2-1-3-8(12)6-7/h1-3,6,12H,5H2,(H,11,13). The summed E-state index contributed by atoms with van der Waals surface area (Å²) in [4.78, 5) is 11.2. The van der Waals surface area contributed by atoms with Gasteiger partial charge in [-0.25, -0.2) is 0 Å². The van der Waals surface area contributed by atoms with Crippen molar-refractivity contribution in [1.29, 1.82) is 5.26 Å². The predicted octanol–water partition coefficient (Wildman–Crippen LogP) is 0.646. The molecule has 0 aliphatic heterocycles. The van der Waals surface area contributed by atoms with Crippen molar-refractivity contribution in [3.63, 3.8) is 0 Å². The highest BCUT2D eigenvalue weighted by molar-refractivity contribution is 5.94. The van der Waals surface area contributed by atoms with Gasteiger partial charge in [-0.05, 0) is 18.2 Å². The normalized spacial score (nSPS) is 8.85. The van der Waals surface area contributed by atoms with Crippen molar-refractivity contribution in [2.24, 2.45) is 0 Å². The van der Waals surface area contributed by atoms with Gasteiger partial charge in [0, 0.05) is 5.56 Å². The van der Waals surface area contributed by atoms with Crippen LogP contribution in [0.4, 0.5) is 0 Å². The topological polar surface area (TPSA) is 73.1 Å². The first-order chi connectivity index (χ1) is 6.24. The summed E-state index contributed by atoms with van der Waals surface area (Å²) >= 11 is 0. The van der Waals surface area contributed by atoms with Gasteiger partial charge in [-0.15, -0.1) is 0 Å². The summed E-state index contributed by atoms with van der Waals surface area (Å²) in [5, 5.41) is 19.6. The summed E-state index contributed by atoms with van der Waals surface area (Å²) in [5.41, 5.74) is 0.343. The number of carbonyl (C=O) groups is 1. The molecule has 0 aliphatic rings. The molecule has 4 heteroatoms. The van der Waals surface area contributed by atoms with Crippen molar-refractivity contribution in [2.45, 2.75) is 0 Å². The van der Waals surface area contributed by atoms with Crippen LogP contribution in [0.2, 0.25) is 0 Å². The van der Waals surface area contributed by atoms with Crippen LogP contribution in [0.25, 0.3) is 0 Å². The highest BCUT2D eigenvalue weighted by atomic mass is 16.3. The van der Waals surface area contributed by atoms with Crippen LogP contribution in [-0.2, 0) is 0 Å². The van der Waals surface area contributed by atoms with E-state index in [1.807, 2.05) is 0 Å². The Balaban J connectivity index is 2.72. The summed E-state index contributed by atoms with van der Waals surface area (Å²) in [6.45, 7) is -0.0332. The number of aromatic hydroxyl groups is 1. The molecule has 0 fully saturated rings. The number of benzene rings is 1. The fourth-order valence-electron chi connectivity index (χ4n) is 0.869. The number of hydrogen-bond acceptors (Lipinski definition) is 3. The molecule has 0 radical (unpaired) electrons. The van der Waals surface area contributed by atoms with E-state index in [1.54, 1.807) is 18.2 Å². The SMILES string of the molecule is N#CCNC(=O)c1cccc(O)c1. The molecule has 0 aromatic heterocycles. The summed E-state index contributed by atoms with van der Waals surface area (Å²) in [6.07, 6.45) is 0. The number of nitrogens with one attached hydrogen (secondary N) is 1. The summed E-state index contributed by atoms with van der Waals surface area (Å²) in [5.74, 6) is -0.331. The zero-order valence-corrected chi connectivity index (χ0v) is 6.82. The second kappa shape index (κ2) is 4.12. The Hall–Kier alpha value is -2.02. The third-order valence-electron chi connectivity index (χ3n) is 1.44. The second-order valence-electron chi connectivity index (χ2n) is 2.39. The minimum absolute atomic E-state index is 0.0320. The second-order valence-corrected chi connectivity index (χ2v) is 2.39. The van der Waals surface area contributed by atoms with E-state index < -0.39 is 0 Å². The number of phenolic OH excluding ortho intramolecular Hbond substituents is 1. The van der Waals surface area contributed by atoms with Crippen LogP contribution in [-0.4, -0.2) is 17.6 Å². The summed E-state index contributed by atoms with van der Waals surface area (Å²) in [6, 6.07) is 7.73. The average Bonchev–Trinajstić information content (AvgIpc) is 2.14. The van der Waals surface area contributed by atoms with Gasteiger partial charge in [0.2, 0.25) is 0 Å². The molecule has 2 N–H and O–H groups in total. The molecule has 0 atom stereocenters. The highest BCUT2D eigenvalue weighted by Gasteiger charge is 2.03. The third-order valence-corrected chi connectivity index (χ3v) is 1.44. The molecule has 66 valence electrons. The molecule has 0 heterocycles. The van der Waals surface area contributed by atoms with Crippen LogP contribution in [0.5, 0.6) is 5.75 Å². The molecule has 1 amide bonds. The predicted molar refractivity (Wildman–Crippen MR) is 46.1 cm³/mol. The Kier molecular flexibility index (Phi) is 2.87. The van der Waals surface area contributed by atoms with Crippen molar-refractivity contribution in [2.75, 3.05) is 6.54 Å². The van der Waals surface area contributed by atoms with E-state index in [2.05, 4.69) is 5.32 Å². The molecule has 1 rings (SSSR count). The van der Waals surface area contributed by atoms with Gasteiger partial charge in [0.15, 0.2) is 0 Å². The number of amides is 1. The average molecular weight is 176 g/mol. The molecule has 0 aliphatic carbocycles. The molecule has 13 heavy (non-hydrogen) atoms. The van der Waals surface area contributed by atoms with Crippen LogP contribution in [0.3, 0.4) is 0 Å². The third kappa shape index (κ3) is 2.49. The van der Waals surface area contributed by atoms with Crippen molar-refractivity contribution < 1.29 is 9.90 Å². The maximum Gasteiger partial charge on any atom is 0.252 e. The van der Waals surface area contributed by atoms with Gasteiger partial charge in [0.05, 0.1) is 6.07 Å². The zero-order chi connectivity index (χ0) is 9.68. The molecular formula is C9H8N2O2. The molecule has 4 nitrogen and oxygen atoms in total. The Bertz CT molecular complexity index is 355. The molecule has 0 spiro atoms. The summed E-state index contributed by atoms with van der Waals surface area (Å²) in [7, 11) is 0.